The van der Waals surface area contributed by atoms with Crippen molar-refractivity contribution in [2.75, 3.05) is 25.1 Å². The Labute approximate surface area is 133 Å². The van der Waals surface area contributed by atoms with E-state index in [1.165, 1.54) is 5.56 Å². The lowest BCUT2D eigenvalue weighted by Gasteiger charge is -2.19. The molecule has 2 amide bonds. The molecule has 5 nitrogen and oxygen atoms in total. The molecule has 6 heteroatoms. The average Bonchev–Trinajstić information content (AvgIpc) is 2.36. The molecule has 0 saturated carbocycles. The largest absolute Gasteiger partial charge is 0.338 e. The third kappa shape index (κ3) is 7.45. The van der Waals surface area contributed by atoms with Crippen LogP contribution in [0.15, 0.2) is 24.3 Å². The summed E-state index contributed by atoms with van der Waals surface area (Å²) in [5, 5.41) is 5.24. The molecule has 0 spiro atoms. The molecule has 0 bridgehead atoms. The van der Waals surface area contributed by atoms with Crippen molar-refractivity contribution < 1.29 is 13.2 Å². The number of carbonyl (C=O) groups is 1. The molecule has 0 heterocycles. The van der Waals surface area contributed by atoms with Crippen molar-refractivity contribution in [2.45, 2.75) is 32.6 Å². The van der Waals surface area contributed by atoms with Crippen LogP contribution >= 0.6 is 0 Å². The van der Waals surface area contributed by atoms with Crippen molar-refractivity contribution in [2.24, 2.45) is 0 Å². The maximum atomic E-state index is 11.5. The number of benzene rings is 1. The Kier molecular flexibility index (Phi) is 6.41. The van der Waals surface area contributed by atoms with E-state index < -0.39 is 9.84 Å². The van der Waals surface area contributed by atoms with E-state index in [0.29, 0.717) is 6.54 Å². The van der Waals surface area contributed by atoms with Gasteiger partial charge in [-0.3, -0.25) is 0 Å². The Morgan fingerprint density at radius 2 is 1.59 bits per heavy atom. The van der Waals surface area contributed by atoms with E-state index in [0.717, 1.165) is 18.2 Å². The lowest BCUT2D eigenvalue weighted by Crippen LogP contribution is -2.38. The minimum Gasteiger partial charge on any atom is -0.338 e. The molecule has 0 radical (unpaired) electrons. The maximum absolute atomic E-state index is 11.5. The first-order valence-corrected chi connectivity index (χ1v) is 9.43. The van der Waals surface area contributed by atoms with Gasteiger partial charge in [0, 0.05) is 19.3 Å². The van der Waals surface area contributed by atoms with Crippen molar-refractivity contribution in [1.82, 2.24) is 10.6 Å². The third-order valence-electron chi connectivity index (χ3n) is 3.28. The lowest BCUT2D eigenvalue weighted by molar-refractivity contribution is 0.241. The third-order valence-corrected chi connectivity index (χ3v) is 4.22. The van der Waals surface area contributed by atoms with Crippen LogP contribution in [0.5, 0.6) is 0 Å². The molecule has 2 N–H and O–H groups in total. The van der Waals surface area contributed by atoms with E-state index in [-0.39, 0.29) is 23.7 Å². The Bertz CT molecular complexity index is 587. The fourth-order valence-corrected chi connectivity index (χ4v) is 2.38. The van der Waals surface area contributed by atoms with Crippen LogP contribution in [0.4, 0.5) is 4.79 Å². The smallest absolute Gasteiger partial charge is 0.314 e. The highest BCUT2D eigenvalue weighted by Gasteiger charge is 2.12. The van der Waals surface area contributed by atoms with Gasteiger partial charge in [-0.25, -0.2) is 13.2 Å². The van der Waals surface area contributed by atoms with E-state index in [1.54, 1.807) is 0 Å². The zero-order valence-electron chi connectivity index (χ0n) is 13.8. The van der Waals surface area contributed by atoms with E-state index in [1.807, 2.05) is 0 Å². The molecule has 1 rings (SSSR count). The molecule has 22 heavy (non-hydrogen) atoms. The fraction of sp³-hybridized carbons (Fsp3) is 0.562. The number of carbonyl (C=O) groups excluding carboxylic acids is 1. The van der Waals surface area contributed by atoms with E-state index in [9.17, 15) is 13.2 Å². The summed E-state index contributed by atoms with van der Waals surface area (Å²) in [6, 6.07) is 8.03. The first-order chi connectivity index (χ1) is 10.1. The Morgan fingerprint density at radius 1 is 1.05 bits per heavy atom. The second-order valence-corrected chi connectivity index (χ2v) is 8.77. The molecule has 124 valence electrons. The van der Waals surface area contributed by atoms with Crippen molar-refractivity contribution in [3.63, 3.8) is 0 Å². The number of hydrogen-bond acceptors (Lipinski definition) is 3. The summed E-state index contributed by atoms with van der Waals surface area (Å²) in [6.45, 7) is 7.16. The highest BCUT2D eigenvalue weighted by atomic mass is 32.2. The minimum absolute atomic E-state index is 0.0469. The van der Waals surface area contributed by atoms with Gasteiger partial charge in [0.1, 0.15) is 9.84 Å². The van der Waals surface area contributed by atoms with Crippen molar-refractivity contribution in [1.29, 1.82) is 0 Å². The van der Waals surface area contributed by atoms with Gasteiger partial charge >= 0.3 is 6.03 Å². The molecular formula is C16H26N2O3S. The maximum Gasteiger partial charge on any atom is 0.314 e. The summed E-state index contributed by atoms with van der Waals surface area (Å²) in [6.07, 6.45) is 1.89. The van der Waals surface area contributed by atoms with Gasteiger partial charge in [0.05, 0.1) is 5.75 Å². The molecule has 0 aliphatic rings. The van der Waals surface area contributed by atoms with Crippen molar-refractivity contribution in [3.05, 3.63) is 35.4 Å². The van der Waals surface area contributed by atoms with Gasteiger partial charge in [0.25, 0.3) is 0 Å². The molecule has 0 aromatic heterocycles. The van der Waals surface area contributed by atoms with E-state index in [2.05, 4.69) is 55.7 Å². The van der Waals surface area contributed by atoms with Crippen molar-refractivity contribution >= 4 is 15.9 Å². The summed E-state index contributed by atoms with van der Waals surface area (Å²) in [5.74, 6) is -0.0469. The number of amides is 2. The molecular weight excluding hydrogens is 300 g/mol. The summed E-state index contributed by atoms with van der Waals surface area (Å²) < 4.78 is 21.9. The number of rotatable bonds is 6. The minimum atomic E-state index is -3.04. The molecule has 0 aliphatic carbocycles. The molecule has 0 saturated heterocycles. The standard InChI is InChI=1S/C16H26N2O3S/c1-16(2,3)14-7-5-13(6-8-14)9-10-17-15(19)18-11-12-22(4,20)21/h5-8H,9-12H2,1-4H3,(H2,17,18,19). The Balaban J connectivity index is 2.31. The number of sulfone groups is 1. The zero-order chi connectivity index (χ0) is 16.8. The average molecular weight is 326 g/mol. The van der Waals surface area contributed by atoms with Crippen LogP contribution in [0.2, 0.25) is 0 Å². The van der Waals surface area contributed by atoms with Gasteiger partial charge in [0.2, 0.25) is 0 Å². The summed E-state index contributed by atoms with van der Waals surface area (Å²) >= 11 is 0. The van der Waals surface area contributed by atoms with Gasteiger partial charge in [-0.05, 0) is 23.0 Å². The highest BCUT2D eigenvalue weighted by Crippen LogP contribution is 2.22. The van der Waals surface area contributed by atoms with E-state index in [4.69, 9.17) is 0 Å². The molecule has 0 aliphatic heterocycles. The topological polar surface area (TPSA) is 75.3 Å². The summed E-state index contributed by atoms with van der Waals surface area (Å²) in [7, 11) is -3.04. The lowest BCUT2D eigenvalue weighted by atomic mass is 9.86. The molecule has 0 unspecified atom stereocenters. The predicted molar refractivity (Wildman–Crippen MR) is 90.0 cm³/mol. The Hall–Kier alpha value is -1.56. The first-order valence-electron chi connectivity index (χ1n) is 7.37. The van der Waals surface area contributed by atoms with Crippen molar-refractivity contribution in [3.8, 4) is 0 Å². The molecule has 0 atom stereocenters. The number of hydrogen-bond donors (Lipinski definition) is 2. The molecule has 1 aromatic carbocycles. The highest BCUT2D eigenvalue weighted by molar-refractivity contribution is 7.90. The molecule has 0 fully saturated rings. The van der Waals surface area contributed by atoms with E-state index >= 15 is 0 Å². The van der Waals surface area contributed by atoms with Crippen LogP contribution < -0.4 is 10.6 Å². The van der Waals surface area contributed by atoms with Crippen LogP contribution in [0, 0.1) is 0 Å². The van der Waals surface area contributed by atoms with Gasteiger partial charge in [-0.15, -0.1) is 0 Å². The first kappa shape index (κ1) is 18.5. The fourth-order valence-electron chi connectivity index (χ4n) is 1.90. The van der Waals surface area contributed by atoms with Gasteiger partial charge in [-0.1, -0.05) is 45.0 Å². The summed E-state index contributed by atoms with van der Waals surface area (Å²) in [5.41, 5.74) is 2.57. The van der Waals surface area contributed by atoms with Gasteiger partial charge < -0.3 is 10.6 Å². The SMILES string of the molecule is CC(C)(C)c1ccc(CCNC(=O)NCCS(C)(=O)=O)cc1. The van der Waals surface area contributed by atoms with Crippen LogP contribution in [-0.2, 0) is 21.7 Å². The predicted octanol–water partition coefficient (Wildman–Crippen LogP) is 1.87. The van der Waals surface area contributed by atoms with Gasteiger partial charge in [-0.2, -0.15) is 0 Å². The number of nitrogens with one attached hydrogen (secondary N) is 2. The second-order valence-electron chi connectivity index (χ2n) is 6.51. The monoisotopic (exact) mass is 326 g/mol. The van der Waals surface area contributed by atoms with Crippen LogP contribution in [0.25, 0.3) is 0 Å². The van der Waals surface area contributed by atoms with Crippen LogP contribution in [0.1, 0.15) is 31.9 Å². The molecule has 1 aromatic rings. The van der Waals surface area contributed by atoms with Crippen LogP contribution in [-0.4, -0.2) is 39.5 Å². The van der Waals surface area contributed by atoms with Crippen LogP contribution in [0.3, 0.4) is 0 Å². The summed E-state index contributed by atoms with van der Waals surface area (Å²) in [4.78, 5) is 11.5. The van der Waals surface area contributed by atoms with Gasteiger partial charge in [0.15, 0.2) is 0 Å². The Morgan fingerprint density at radius 3 is 2.09 bits per heavy atom. The second kappa shape index (κ2) is 7.63. The normalized spacial score (nSPS) is 12.0. The zero-order valence-corrected chi connectivity index (χ0v) is 14.6. The quantitative estimate of drug-likeness (QED) is 0.838. The number of urea groups is 1.